The SMILES string of the molecule is Cc1ncsc1CN(C)S(=O)(=O)Cc1ccccc1C#N. The van der Waals surface area contributed by atoms with Crippen molar-refractivity contribution in [1.82, 2.24) is 9.29 Å². The van der Waals surface area contributed by atoms with Gasteiger partial charge in [-0.3, -0.25) is 0 Å². The van der Waals surface area contributed by atoms with Crippen molar-refractivity contribution in [3.63, 3.8) is 0 Å². The molecule has 110 valence electrons. The van der Waals surface area contributed by atoms with Crippen molar-refractivity contribution in [3.8, 4) is 6.07 Å². The molecule has 5 nitrogen and oxygen atoms in total. The van der Waals surface area contributed by atoms with Gasteiger partial charge in [-0.15, -0.1) is 11.3 Å². The number of sulfonamides is 1. The van der Waals surface area contributed by atoms with Gasteiger partial charge in [0.25, 0.3) is 0 Å². The first-order valence-corrected chi connectivity index (χ1v) is 8.74. The summed E-state index contributed by atoms with van der Waals surface area (Å²) in [6.07, 6.45) is 0. The van der Waals surface area contributed by atoms with Gasteiger partial charge in [-0.2, -0.15) is 9.57 Å². The third-order valence-electron chi connectivity index (χ3n) is 3.16. The maximum atomic E-state index is 12.4. The molecule has 0 N–H and O–H groups in total. The minimum Gasteiger partial charge on any atom is -0.250 e. The Labute approximate surface area is 128 Å². The van der Waals surface area contributed by atoms with Crippen LogP contribution in [-0.4, -0.2) is 24.8 Å². The van der Waals surface area contributed by atoms with Gasteiger partial charge in [-0.25, -0.2) is 13.4 Å². The minimum atomic E-state index is -3.48. The Bertz CT molecular complexity index is 776. The molecular weight excluding hydrogens is 306 g/mol. The highest BCUT2D eigenvalue weighted by atomic mass is 32.2. The molecule has 0 aliphatic rings. The molecule has 21 heavy (non-hydrogen) atoms. The van der Waals surface area contributed by atoms with Crippen LogP contribution in [-0.2, 0) is 22.3 Å². The highest BCUT2D eigenvalue weighted by Gasteiger charge is 2.21. The first kappa shape index (κ1) is 15.6. The van der Waals surface area contributed by atoms with E-state index in [0.717, 1.165) is 10.6 Å². The van der Waals surface area contributed by atoms with E-state index in [0.29, 0.717) is 17.7 Å². The van der Waals surface area contributed by atoms with Crippen molar-refractivity contribution >= 4 is 21.4 Å². The van der Waals surface area contributed by atoms with Crippen molar-refractivity contribution in [3.05, 3.63) is 51.5 Å². The lowest BCUT2D eigenvalue weighted by Crippen LogP contribution is -2.28. The molecule has 0 saturated heterocycles. The zero-order valence-corrected chi connectivity index (χ0v) is 13.4. The zero-order valence-electron chi connectivity index (χ0n) is 11.8. The number of rotatable bonds is 5. The summed E-state index contributed by atoms with van der Waals surface area (Å²) in [6.45, 7) is 2.16. The van der Waals surface area contributed by atoms with Crippen LogP contribution in [0.25, 0.3) is 0 Å². The van der Waals surface area contributed by atoms with E-state index in [9.17, 15) is 8.42 Å². The monoisotopic (exact) mass is 321 g/mol. The van der Waals surface area contributed by atoms with Gasteiger partial charge in [0, 0.05) is 18.5 Å². The molecule has 1 aromatic carbocycles. The van der Waals surface area contributed by atoms with E-state index >= 15 is 0 Å². The average Bonchev–Trinajstić information content (AvgIpc) is 2.84. The van der Waals surface area contributed by atoms with E-state index in [2.05, 4.69) is 4.98 Å². The van der Waals surface area contributed by atoms with Crippen LogP contribution in [0.4, 0.5) is 0 Å². The van der Waals surface area contributed by atoms with Crippen LogP contribution >= 0.6 is 11.3 Å². The number of thiazole rings is 1. The lowest BCUT2D eigenvalue weighted by molar-refractivity contribution is 0.468. The van der Waals surface area contributed by atoms with E-state index in [1.165, 1.54) is 15.6 Å². The summed E-state index contributed by atoms with van der Waals surface area (Å²) in [4.78, 5) is 5.04. The molecule has 0 amide bonds. The number of nitriles is 1. The maximum Gasteiger partial charge on any atom is 0.218 e. The maximum absolute atomic E-state index is 12.4. The number of hydrogen-bond acceptors (Lipinski definition) is 5. The Hall–Kier alpha value is -1.75. The summed E-state index contributed by atoms with van der Waals surface area (Å²) in [5, 5.41) is 9.03. The Balaban J connectivity index is 2.18. The fourth-order valence-electron chi connectivity index (χ4n) is 1.84. The Morgan fingerprint density at radius 1 is 1.38 bits per heavy atom. The Morgan fingerprint density at radius 2 is 2.10 bits per heavy atom. The predicted octanol–water partition coefficient (Wildman–Crippen LogP) is 2.29. The number of aromatic nitrogens is 1. The normalized spacial score (nSPS) is 11.5. The van der Waals surface area contributed by atoms with Crippen molar-refractivity contribution < 1.29 is 8.42 Å². The van der Waals surface area contributed by atoms with E-state index in [4.69, 9.17) is 5.26 Å². The van der Waals surface area contributed by atoms with Crippen LogP contribution < -0.4 is 0 Å². The van der Waals surface area contributed by atoms with Crippen molar-refractivity contribution in [1.29, 1.82) is 5.26 Å². The molecule has 0 atom stereocenters. The Morgan fingerprint density at radius 3 is 2.71 bits per heavy atom. The summed E-state index contributed by atoms with van der Waals surface area (Å²) in [5.74, 6) is -0.176. The first-order chi connectivity index (χ1) is 9.94. The minimum absolute atomic E-state index is 0.176. The summed E-state index contributed by atoms with van der Waals surface area (Å²) < 4.78 is 26.1. The molecule has 7 heteroatoms. The van der Waals surface area contributed by atoms with E-state index in [-0.39, 0.29) is 5.75 Å². The molecule has 1 heterocycles. The molecule has 0 aliphatic heterocycles. The molecule has 2 rings (SSSR count). The number of nitrogens with zero attached hydrogens (tertiary/aromatic N) is 3. The van der Waals surface area contributed by atoms with Crippen molar-refractivity contribution in [2.75, 3.05) is 7.05 Å². The highest BCUT2D eigenvalue weighted by Crippen LogP contribution is 2.19. The molecular formula is C14H15N3O2S2. The second kappa shape index (κ2) is 6.35. The molecule has 0 radical (unpaired) electrons. The topological polar surface area (TPSA) is 74.1 Å². The average molecular weight is 321 g/mol. The van der Waals surface area contributed by atoms with E-state index < -0.39 is 10.0 Å². The van der Waals surface area contributed by atoms with Crippen LogP contribution in [0.15, 0.2) is 29.8 Å². The first-order valence-electron chi connectivity index (χ1n) is 6.25. The zero-order chi connectivity index (χ0) is 15.5. The molecule has 0 bridgehead atoms. The molecule has 0 fully saturated rings. The smallest absolute Gasteiger partial charge is 0.218 e. The second-order valence-electron chi connectivity index (χ2n) is 4.64. The van der Waals surface area contributed by atoms with Crippen LogP contribution in [0.5, 0.6) is 0 Å². The van der Waals surface area contributed by atoms with Gasteiger partial charge in [0.15, 0.2) is 0 Å². The summed E-state index contributed by atoms with van der Waals surface area (Å²) >= 11 is 1.44. The van der Waals surface area contributed by atoms with Gasteiger partial charge >= 0.3 is 0 Å². The fourth-order valence-corrected chi connectivity index (χ4v) is 3.94. The summed E-state index contributed by atoms with van der Waals surface area (Å²) in [6, 6.07) is 8.77. The predicted molar refractivity (Wildman–Crippen MR) is 82.1 cm³/mol. The second-order valence-corrected chi connectivity index (χ2v) is 7.66. The number of aryl methyl sites for hydroxylation is 1. The molecule has 0 unspecified atom stereocenters. The molecule has 0 saturated carbocycles. The van der Waals surface area contributed by atoms with Gasteiger partial charge in [-0.05, 0) is 18.6 Å². The van der Waals surface area contributed by atoms with Crippen molar-refractivity contribution in [2.24, 2.45) is 0 Å². The third kappa shape index (κ3) is 3.67. The number of benzene rings is 1. The molecule has 2 aromatic rings. The largest absolute Gasteiger partial charge is 0.250 e. The van der Waals surface area contributed by atoms with Crippen molar-refractivity contribution in [2.45, 2.75) is 19.2 Å². The van der Waals surface area contributed by atoms with Gasteiger partial charge in [0.05, 0.1) is 28.6 Å². The summed E-state index contributed by atoms with van der Waals surface area (Å²) in [5.41, 5.74) is 3.46. The lowest BCUT2D eigenvalue weighted by atomic mass is 10.1. The van der Waals surface area contributed by atoms with Gasteiger partial charge in [0.2, 0.25) is 10.0 Å². The van der Waals surface area contributed by atoms with Crippen LogP contribution in [0.3, 0.4) is 0 Å². The van der Waals surface area contributed by atoms with Gasteiger partial charge < -0.3 is 0 Å². The standard InChI is InChI=1S/C14H15N3O2S2/c1-11-14(20-10-16-11)8-17(2)21(18,19)9-13-6-4-3-5-12(13)7-15/h3-6,10H,8-9H2,1-2H3. The van der Waals surface area contributed by atoms with E-state index in [1.54, 1.807) is 36.8 Å². The van der Waals surface area contributed by atoms with Crippen LogP contribution in [0.1, 0.15) is 21.7 Å². The highest BCUT2D eigenvalue weighted by molar-refractivity contribution is 7.88. The summed E-state index contributed by atoms with van der Waals surface area (Å²) in [7, 11) is -1.93. The Kier molecular flexibility index (Phi) is 4.73. The van der Waals surface area contributed by atoms with Gasteiger partial charge in [-0.1, -0.05) is 18.2 Å². The number of hydrogen-bond donors (Lipinski definition) is 0. The quantitative estimate of drug-likeness (QED) is 0.847. The van der Waals surface area contributed by atoms with E-state index in [1.807, 2.05) is 13.0 Å². The lowest BCUT2D eigenvalue weighted by Gasteiger charge is -2.17. The molecule has 1 aromatic heterocycles. The van der Waals surface area contributed by atoms with Gasteiger partial charge in [0.1, 0.15) is 0 Å². The molecule has 0 aliphatic carbocycles. The van der Waals surface area contributed by atoms with Crippen LogP contribution in [0, 0.1) is 18.3 Å². The molecule has 0 spiro atoms. The fraction of sp³-hybridized carbons (Fsp3) is 0.286. The van der Waals surface area contributed by atoms with Crippen LogP contribution in [0.2, 0.25) is 0 Å². The third-order valence-corrected chi connectivity index (χ3v) is 5.84.